The summed E-state index contributed by atoms with van der Waals surface area (Å²) < 4.78 is 0. The van der Waals surface area contributed by atoms with Gasteiger partial charge in [0.25, 0.3) is 0 Å². The molecular weight excluding hydrogens is 162 g/mol. The number of nitrogens with two attached hydrogens (primary N) is 1. The second kappa shape index (κ2) is 6.39. The second-order valence-electron chi connectivity index (χ2n) is 4.67. The highest BCUT2D eigenvalue weighted by atomic mass is 16.6. The molecule has 0 radical (unpaired) electrons. The van der Waals surface area contributed by atoms with Gasteiger partial charge in [-0.25, -0.2) is 5.90 Å². The fraction of sp³-hybridized carbons (Fsp3) is 1.00. The van der Waals surface area contributed by atoms with Crippen LogP contribution in [-0.4, -0.2) is 6.61 Å². The summed E-state index contributed by atoms with van der Waals surface area (Å²) in [6, 6.07) is 0. The van der Waals surface area contributed by atoms with Crippen molar-refractivity contribution in [3.8, 4) is 0 Å². The molecule has 0 aromatic heterocycles. The minimum Gasteiger partial charge on any atom is -0.305 e. The molecule has 0 spiro atoms. The molecule has 0 bridgehead atoms. The molecule has 0 aliphatic heterocycles. The summed E-state index contributed by atoms with van der Waals surface area (Å²) in [4.78, 5) is 4.34. The molecule has 13 heavy (non-hydrogen) atoms. The van der Waals surface area contributed by atoms with E-state index in [4.69, 9.17) is 5.90 Å². The average molecular weight is 187 g/mol. The monoisotopic (exact) mass is 187 g/mol. The third kappa shape index (κ3) is 7.03. The van der Waals surface area contributed by atoms with Crippen LogP contribution >= 0.6 is 0 Å². The van der Waals surface area contributed by atoms with Crippen molar-refractivity contribution in [3.63, 3.8) is 0 Å². The van der Waals surface area contributed by atoms with E-state index < -0.39 is 0 Å². The van der Waals surface area contributed by atoms with Gasteiger partial charge in [0.2, 0.25) is 0 Å². The summed E-state index contributed by atoms with van der Waals surface area (Å²) in [5.41, 5.74) is 0.708. The maximum Gasteiger partial charge on any atom is 0.0679 e. The molecule has 1 atom stereocenters. The van der Waals surface area contributed by atoms with E-state index in [1.807, 2.05) is 0 Å². The molecule has 0 saturated heterocycles. The first-order chi connectivity index (χ1) is 6.04. The molecule has 0 amide bonds. The van der Waals surface area contributed by atoms with Gasteiger partial charge in [-0.15, -0.1) is 0 Å². The smallest absolute Gasteiger partial charge is 0.0679 e. The summed E-state index contributed by atoms with van der Waals surface area (Å²) >= 11 is 0. The maximum atomic E-state index is 4.77. The van der Waals surface area contributed by atoms with Crippen molar-refractivity contribution in [2.45, 2.75) is 53.4 Å². The summed E-state index contributed by atoms with van der Waals surface area (Å²) in [6.07, 6.45) is 4.97. The van der Waals surface area contributed by atoms with Crippen LogP contribution in [0.25, 0.3) is 0 Å². The van der Waals surface area contributed by atoms with Crippen molar-refractivity contribution in [2.75, 3.05) is 6.61 Å². The van der Waals surface area contributed by atoms with Gasteiger partial charge in [-0.05, 0) is 24.2 Å². The van der Waals surface area contributed by atoms with Gasteiger partial charge in [-0.2, -0.15) is 0 Å². The van der Waals surface area contributed by atoms with Crippen LogP contribution in [0.15, 0.2) is 0 Å². The third-order valence-electron chi connectivity index (χ3n) is 2.87. The molecule has 1 rings (SSSR count). The topological polar surface area (TPSA) is 35.2 Å². The summed E-state index contributed by atoms with van der Waals surface area (Å²) in [5.74, 6) is 5.77. The Balaban J connectivity index is 0.000000223. The van der Waals surface area contributed by atoms with Gasteiger partial charge in [-0.1, -0.05) is 40.5 Å². The minimum atomic E-state index is 0.702. The zero-order valence-electron chi connectivity index (χ0n) is 9.60. The Morgan fingerprint density at radius 3 is 2.08 bits per heavy atom. The van der Waals surface area contributed by atoms with E-state index in [0.717, 1.165) is 12.3 Å². The molecule has 0 aromatic rings. The molecule has 1 aliphatic rings. The van der Waals surface area contributed by atoms with Crippen LogP contribution in [0.2, 0.25) is 0 Å². The van der Waals surface area contributed by atoms with E-state index in [1.54, 1.807) is 0 Å². The van der Waals surface area contributed by atoms with Gasteiger partial charge >= 0.3 is 0 Å². The fourth-order valence-corrected chi connectivity index (χ4v) is 1.17. The molecule has 80 valence electrons. The van der Waals surface area contributed by atoms with E-state index in [1.165, 1.54) is 19.3 Å². The van der Waals surface area contributed by atoms with Gasteiger partial charge < -0.3 is 4.84 Å². The van der Waals surface area contributed by atoms with Crippen molar-refractivity contribution in [2.24, 2.45) is 17.2 Å². The molecule has 2 heteroatoms. The van der Waals surface area contributed by atoms with Crippen LogP contribution in [0, 0.1) is 11.3 Å². The van der Waals surface area contributed by atoms with Crippen molar-refractivity contribution >= 4 is 0 Å². The van der Waals surface area contributed by atoms with E-state index in [-0.39, 0.29) is 0 Å². The number of rotatable bonds is 4. The Labute approximate surface area is 82.8 Å². The summed E-state index contributed by atoms with van der Waals surface area (Å²) in [6.45, 7) is 9.79. The quantitative estimate of drug-likeness (QED) is 0.542. The van der Waals surface area contributed by atoms with Crippen molar-refractivity contribution in [1.82, 2.24) is 0 Å². The molecule has 2 nitrogen and oxygen atoms in total. The lowest BCUT2D eigenvalue weighted by molar-refractivity contribution is 0.134. The first kappa shape index (κ1) is 12.9. The molecule has 1 saturated carbocycles. The fourth-order valence-electron chi connectivity index (χ4n) is 1.17. The van der Waals surface area contributed by atoms with Gasteiger partial charge in [0.1, 0.15) is 0 Å². The molecule has 2 N–H and O–H groups in total. The first-order valence-corrected chi connectivity index (χ1v) is 5.36. The van der Waals surface area contributed by atoms with Crippen molar-refractivity contribution in [1.29, 1.82) is 0 Å². The van der Waals surface area contributed by atoms with Crippen LogP contribution in [-0.2, 0) is 4.84 Å². The Kier molecular flexibility index (Phi) is 6.35. The number of hydrogen-bond donors (Lipinski definition) is 1. The second-order valence-corrected chi connectivity index (χ2v) is 4.67. The van der Waals surface area contributed by atoms with Gasteiger partial charge in [-0.3, -0.25) is 0 Å². The highest BCUT2D eigenvalue weighted by Gasteiger charge is 2.41. The first-order valence-electron chi connectivity index (χ1n) is 5.36. The number of unbranched alkanes of at least 4 members (excludes halogenated alkanes) is 2. The van der Waals surface area contributed by atoms with Gasteiger partial charge in [0.15, 0.2) is 0 Å². The van der Waals surface area contributed by atoms with E-state index in [0.29, 0.717) is 12.0 Å². The third-order valence-corrected chi connectivity index (χ3v) is 2.87. The summed E-state index contributed by atoms with van der Waals surface area (Å²) in [5, 5.41) is 0. The van der Waals surface area contributed by atoms with E-state index >= 15 is 0 Å². The lowest BCUT2D eigenvalue weighted by Gasteiger charge is -1.92. The van der Waals surface area contributed by atoms with Crippen LogP contribution < -0.4 is 5.90 Å². The van der Waals surface area contributed by atoms with Crippen LogP contribution in [0.4, 0.5) is 0 Å². The summed E-state index contributed by atoms with van der Waals surface area (Å²) in [7, 11) is 0. The van der Waals surface area contributed by atoms with Gasteiger partial charge in [0.05, 0.1) is 6.61 Å². The van der Waals surface area contributed by atoms with Crippen molar-refractivity contribution in [3.05, 3.63) is 0 Å². The Morgan fingerprint density at radius 1 is 1.38 bits per heavy atom. The van der Waals surface area contributed by atoms with E-state index in [2.05, 4.69) is 32.5 Å². The van der Waals surface area contributed by atoms with E-state index in [9.17, 15) is 0 Å². The molecule has 1 unspecified atom stereocenters. The molecule has 1 fully saturated rings. The minimum absolute atomic E-state index is 0.702. The Hall–Kier alpha value is -0.0800. The lowest BCUT2D eigenvalue weighted by Crippen LogP contribution is -1.99. The average Bonchev–Trinajstić information content (AvgIpc) is 2.59. The normalized spacial score (nSPS) is 23.3. The largest absolute Gasteiger partial charge is 0.305 e. The maximum absolute atomic E-state index is 4.77. The van der Waals surface area contributed by atoms with Crippen LogP contribution in [0.1, 0.15) is 53.4 Å². The Morgan fingerprint density at radius 2 is 1.85 bits per heavy atom. The van der Waals surface area contributed by atoms with Crippen molar-refractivity contribution < 1.29 is 4.84 Å². The SMILES string of the molecule is CC1CC1(C)C.CCCCCON. The predicted octanol–water partition coefficient (Wildman–Crippen LogP) is 3.12. The highest BCUT2D eigenvalue weighted by molar-refractivity contribution is 4.91. The molecule has 0 heterocycles. The molecule has 1 aliphatic carbocycles. The highest BCUT2D eigenvalue weighted by Crippen LogP contribution is 2.50. The Bertz CT molecular complexity index is 119. The standard InChI is InChI=1S/C6H12.C5H13NO/c1-5-4-6(5,2)3;1-2-3-4-5-7-6/h5H,4H2,1-3H3;2-6H2,1H3. The number of hydrogen-bond acceptors (Lipinski definition) is 2. The van der Waals surface area contributed by atoms with Crippen LogP contribution in [0.5, 0.6) is 0 Å². The van der Waals surface area contributed by atoms with Crippen LogP contribution in [0.3, 0.4) is 0 Å². The lowest BCUT2D eigenvalue weighted by atomic mass is 10.1. The molecule has 0 aromatic carbocycles. The van der Waals surface area contributed by atoms with Gasteiger partial charge in [0, 0.05) is 0 Å². The molecular formula is C11H25NO. The zero-order chi connectivity index (χ0) is 10.3. The predicted molar refractivity (Wildman–Crippen MR) is 57.2 cm³/mol. The zero-order valence-corrected chi connectivity index (χ0v) is 9.60.